The Kier molecular flexibility index (Phi) is 5.36. The number of nitrogens with zero attached hydrogens (tertiary/aromatic N) is 1. The fourth-order valence-corrected chi connectivity index (χ4v) is 4.38. The lowest BCUT2D eigenvalue weighted by molar-refractivity contribution is -0.141. The quantitative estimate of drug-likeness (QED) is 0.562. The molecule has 0 amide bonds. The third-order valence-corrected chi connectivity index (χ3v) is 6.78. The van der Waals surface area contributed by atoms with Crippen LogP contribution in [0, 0.1) is 6.92 Å². The monoisotopic (exact) mass is 414 g/mol. The number of aldehydes is 1. The molecule has 9 heteroatoms. The van der Waals surface area contributed by atoms with Crippen molar-refractivity contribution in [2.24, 2.45) is 5.73 Å². The van der Waals surface area contributed by atoms with E-state index >= 15 is 0 Å². The molecule has 1 atom stereocenters. The lowest BCUT2D eigenvalue weighted by Crippen LogP contribution is -2.54. The van der Waals surface area contributed by atoms with Gasteiger partial charge in [0.25, 0.3) is 0 Å². The molecular weight excluding hydrogens is 396 g/mol. The number of carboxylic acids is 1. The molecule has 0 spiro atoms. The van der Waals surface area contributed by atoms with Crippen LogP contribution < -0.4 is 5.73 Å². The Balaban J connectivity index is 2.06. The second-order valence-electron chi connectivity index (χ2n) is 6.42. The lowest BCUT2D eigenvalue weighted by Gasteiger charge is -2.22. The second kappa shape index (κ2) is 7.61. The number of aryl methyl sites for hydroxylation is 1. The summed E-state index contributed by atoms with van der Waals surface area (Å²) >= 11 is 0. The molecule has 2 aromatic carbocycles. The summed E-state index contributed by atoms with van der Waals surface area (Å²) in [6.07, 6.45) is -0.692. The van der Waals surface area contributed by atoms with Gasteiger partial charge in [-0.2, -0.15) is 0 Å². The topological polar surface area (TPSA) is 141 Å². The maximum Gasteiger partial charge on any atom is 0.340 e. The van der Waals surface area contributed by atoms with Crippen LogP contribution in [0.3, 0.4) is 0 Å². The van der Waals surface area contributed by atoms with E-state index in [0.29, 0.717) is 22.6 Å². The van der Waals surface area contributed by atoms with Crippen LogP contribution in [0.25, 0.3) is 22.4 Å². The van der Waals surface area contributed by atoms with Crippen molar-refractivity contribution in [2.45, 2.75) is 23.1 Å². The molecule has 0 saturated carbocycles. The zero-order valence-electron chi connectivity index (χ0n) is 15.4. The van der Waals surface area contributed by atoms with E-state index in [1.807, 2.05) is 30.3 Å². The smallest absolute Gasteiger partial charge is 0.340 e. The minimum atomic E-state index is -4.51. The van der Waals surface area contributed by atoms with Crippen molar-refractivity contribution in [3.63, 3.8) is 0 Å². The molecule has 3 rings (SSSR count). The standard InChI is InChI=1S/C20H18N2O6S/c1-13-17(18(22-28-13)15-5-3-2-4-6-15)14-7-9-16(10-8-14)29(26,27)20(21,11-12-23)19(24)25/h2-10,12H,11,21H2,1H3,(H,24,25). The van der Waals surface area contributed by atoms with Gasteiger partial charge in [0.2, 0.25) is 14.7 Å². The lowest BCUT2D eigenvalue weighted by atomic mass is 10.00. The number of rotatable bonds is 7. The maximum absolute atomic E-state index is 12.7. The first kappa shape index (κ1) is 20.4. The van der Waals surface area contributed by atoms with Gasteiger partial charge in [-0.3, -0.25) is 0 Å². The van der Waals surface area contributed by atoms with E-state index in [9.17, 15) is 23.1 Å². The van der Waals surface area contributed by atoms with E-state index in [4.69, 9.17) is 10.3 Å². The Morgan fingerprint density at radius 2 is 1.76 bits per heavy atom. The van der Waals surface area contributed by atoms with Gasteiger partial charge in [-0.05, 0) is 24.6 Å². The summed E-state index contributed by atoms with van der Waals surface area (Å²) in [7, 11) is -4.51. The number of hydrogen-bond donors (Lipinski definition) is 2. The molecule has 1 heterocycles. The number of aromatic nitrogens is 1. The number of hydrogen-bond acceptors (Lipinski definition) is 7. The Labute approximate surface area is 166 Å². The van der Waals surface area contributed by atoms with Crippen molar-refractivity contribution >= 4 is 22.1 Å². The van der Waals surface area contributed by atoms with E-state index in [0.717, 1.165) is 5.56 Å². The van der Waals surface area contributed by atoms with Crippen molar-refractivity contribution in [2.75, 3.05) is 0 Å². The third kappa shape index (κ3) is 3.45. The summed E-state index contributed by atoms with van der Waals surface area (Å²) < 4.78 is 30.8. The summed E-state index contributed by atoms with van der Waals surface area (Å²) in [5.41, 5.74) is 8.32. The average Bonchev–Trinajstić information content (AvgIpc) is 3.10. The van der Waals surface area contributed by atoms with E-state index in [1.54, 1.807) is 6.92 Å². The number of carboxylic acid groups (broad SMARTS) is 1. The Hall–Kier alpha value is -3.30. The summed E-state index contributed by atoms with van der Waals surface area (Å²) in [4.78, 5) is 19.2. The minimum absolute atomic E-state index is 0.173. The normalized spacial score (nSPS) is 13.6. The number of benzene rings is 2. The van der Waals surface area contributed by atoms with Gasteiger partial charge in [0.15, 0.2) is 0 Å². The molecule has 29 heavy (non-hydrogen) atoms. The summed E-state index contributed by atoms with van der Waals surface area (Å²) in [5, 5.41) is 13.4. The van der Waals surface area contributed by atoms with Crippen molar-refractivity contribution in [3.8, 4) is 22.4 Å². The maximum atomic E-state index is 12.7. The predicted molar refractivity (Wildman–Crippen MR) is 105 cm³/mol. The second-order valence-corrected chi connectivity index (χ2v) is 8.63. The highest BCUT2D eigenvalue weighted by Gasteiger charge is 2.48. The van der Waals surface area contributed by atoms with Gasteiger partial charge in [-0.25, -0.2) is 13.2 Å². The van der Waals surface area contributed by atoms with Crippen LogP contribution in [0.5, 0.6) is 0 Å². The fraction of sp³-hybridized carbons (Fsp3) is 0.150. The molecule has 0 aliphatic carbocycles. The molecule has 8 nitrogen and oxygen atoms in total. The molecular formula is C20H18N2O6S. The van der Waals surface area contributed by atoms with Crippen LogP contribution in [0.2, 0.25) is 0 Å². The first-order valence-electron chi connectivity index (χ1n) is 8.55. The minimum Gasteiger partial charge on any atom is -0.479 e. The van der Waals surface area contributed by atoms with E-state index in [1.165, 1.54) is 24.3 Å². The highest BCUT2D eigenvalue weighted by atomic mass is 32.2. The van der Waals surface area contributed by atoms with Crippen LogP contribution in [-0.2, 0) is 19.4 Å². The van der Waals surface area contributed by atoms with Gasteiger partial charge in [0.1, 0.15) is 17.7 Å². The van der Waals surface area contributed by atoms with Crippen LogP contribution in [0.4, 0.5) is 0 Å². The zero-order valence-corrected chi connectivity index (χ0v) is 16.2. The molecule has 3 aromatic rings. The van der Waals surface area contributed by atoms with Gasteiger partial charge >= 0.3 is 5.97 Å². The molecule has 150 valence electrons. The molecule has 0 radical (unpaired) electrons. The summed E-state index contributed by atoms with van der Waals surface area (Å²) in [6.45, 7) is 1.73. The Morgan fingerprint density at radius 1 is 1.14 bits per heavy atom. The van der Waals surface area contributed by atoms with Crippen molar-refractivity contribution in [3.05, 3.63) is 60.4 Å². The summed E-state index contributed by atoms with van der Waals surface area (Å²) in [6, 6.07) is 14.9. The highest BCUT2D eigenvalue weighted by molar-refractivity contribution is 7.93. The van der Waals surface area contributed by atoms with Crippen molar-refractivity contribution in [1.82, 2.24) is 5.16 Å². The van der Waals surface area contributed by atoms with Gasteiger partial charge < -0.3 is 20.2 Å². The number of nitrogens with two attached hydrogens (primary N) is 1. The van der Waals surface area contributed by atoms with Gasteiger partial charge in [-0.15, -0.1) is 0 Å². The molecule has 1 unspecified atom stereocenters. The molecule has 0 fully saturated rings. The predicted octanol–water partition coefficient (Wildman–Crippen LogP) is 2.42. The van der Waals surface area contributed by atoms with Gasteiger partial charge in [-0.1, -0.05) is 47.6 Å². The molecule has 0 aliphatic heterocycles. The first-order valence-corrected chi connectivity index (χ1v) is 10.0. The fourth-order valence-electron chi connectivity index (χ4n) is 2.95. The molecule has 1 aromatic heterocycles. The van der Waals surface area contributed by atoms with E-state index in [2.05, 4.69) is 5.16 Å². The average molecular weight is 414 g/mol. The summed E-state index contributed by atoms with van der Waals surface area (Å²) in [5.74, 6) is -1.26. The van der Waals surface area contributed by atoms with Crippen molar-refractivity contribution in [1.29, 1.82) is 0 Å². The van der Waals surface area contributed by atoms with Crippen molar-refractivity contribution < 1.29 is 27.6 Å². The van der Waals surface area contributed by atoms with E-state index < -0.39 is 27.1 Å². The zero-order chi connectivity index (χ0) is 21.2. The Morgan fingerprint density at radius 3 is 2.31 bits per heavy atom. The molecule has 3 N–H and O–H groups in total. The first-order chi connectivity index (χ1) is 13.7. The SMILES string of the molecule is Cc1onc(-c2ccccc2)c1-c1ccc(S(=O)(=O)C(N)(CC=O)C(=O)O)cc1. The molecule has 0 saturated heterocycles. The van der Waals surface area contributed by atoms with Crippen LogP contribution in [0.1, 0.15) is 12.2 Å². The molecule has 0 aliphatic rings. The largest absolute Gasteiger partial charge is 0.479 e. The Bertz CT molecular complexity index is 1150. The van der Waals surface area contributed by atoms with Crippen LogP contribution in [0.15, 0.2) is 64.0 Å². The van der Waals surface area contributed by atoms with Gasteiger partial charge in [0, 0.05) is 12.0 Å². The number of sulfone groups is 1. The highest BCUT2D eigenvalue weighted by Crippen LogP contribution is 2.35. The number of carbonyl (C=O) groups excluding carboxylic acids is 1. The van der Waals surface area contributed by atoms with Crippen LogP contribution in [-0.4, -0.2) is 35.8 Å². The van der Waals surface area contributed by atoms with E-state index in [-0.39, 0.29) is 11.2 Å². The number of aliphatic carboxylic acids is 1. The number of carbonyl (C=O) groups is 2. The molecule has 0 bridgehead atoms. The third-order valence-electron chi connectivity index (χ3n) is 4.59. The van der Waals surface area contributed by atoms with Gasteiger partial charge in [0.05, 0.1) is 10.5 Å². The van der Waals surface area contributed by atoms with Crippen LogP contribution >= 0.6 is 0 Å².